The molecule has 1 aromatic carbocycles. The molecular weight excluding hydrogens is 453 g/mol. The largest absolute Gasteiger partial charge is 0.489 e. The summed E-state index contributed by atoms with van der Waals surface area (Å²) in [6, 6.07) is 7.93. The number of hydrogen-bond acceptors (Lipinski definition) is 6. The van der Waals surface area contributed by atoms with E-state index in [1.54, 1.807) is 30.4 Å². The van der Waals surface area contributed by atoms with Crippen LogP contribution in [0.25, 0.3) is 0 Å². The maximum absolute atomic E-state index is 13.4. The molecule has 2 heterocycles. The molecule has 1 aromatic heterocycles. The maximum atomic E-state index is 13.4. The number of carbonyl (C=O) groups is 2. The molecule has 1 N–H and O–H groups in total. The first-order valence-corrected chi connectivity index (χ1v) is 12.3. The van der Waals surface area contributed by atoms with Crippen molar-refractivity contribution in [1.82, 2.24) is 5.32 Å². The summed E-state index contributed by atoms with van der Waals surface area (Å²) in [5, 5.41) is 3.33. The number of fused-ring (bicyclic) bond motifs is 1. The van der Waals surface area contributed by atoms with Crippen molar-refractivity contribution in [3.63, 3.8) is 0 Å². The fraction of sp³-hybridized carbons (Fsp3) is 0.407. The van der Waals surface area contributed by atoms with Crippen LogP contribution >= 0.6 is 11.3 Å². The van der Waals surface area contributed by atoms with Crippen LogP contribution in [0.2, 0.25) is 0 Å². The van der Waals surface area contributed by atoms with Gasteiger partial charge in [0.15, 0.2) is 0 Å². The Morgan fingerprint density at radius 1 is 1.21 bits per heavy atom. The van der Waals surface area contributed by atoms with Gasteiger partial charge in [-0.3, -0.25) is 4.79 Å². The third-order valence-electron chi connectivity index (χ3n) is 6.29. The standard InChI is InChI=1S/C27H30FNO4S/c1-6-32-26(31)23-15(2)29-20-12-27(4,5)13-21(30)24(20)25(23)22-11-17(16(3)34-22)14-33-19-9-7-18(28)8-10-19/h7-12,24-25,29H,6,13-14H2,1-5H3. The molecule has 0 amide bonds. The van der Waals surface area contributed by atoms with Gasteiger partial charge >= 0.3 is 5.97 Å². The highest BCUT2D eigenvalue weighted by Gasteiger charge is 2.46. The molecule has 2 atom stereocenters. The maximum Gasteiger partial charge on any atom is 0.336 e. The Kier molecular flexibility index (Phi) is 6.67. The summed E-state index contributed by atoms with van der Waals surface area (Å²) in [4.78, 5) is 28.4. The molecule has 5 nitrogen and oxygen atoms in total. The molecule has 0 spiro atoms. The molecule has 2 unspecified atom stereocenters. The van der Waals surface area contributed by atoms with E-state index in [4.69, 9.17) is 9.47 Å². The first-order valence-electron chi connectivity index (χ1n) is 11.5. The van der Waals surface area contributed by atoms with E-state index >= 15 is 0 Å². The summed E-state index contributed by atoms with van der Waals surface area (Å²) in [5.74, 6) is -0.898. The second-order valence-electron chi connectivity index (χ2n) is 9.54. The minimum absolute atomic E-state index is 0.115. The molecule has 4 rings (SSSR count). The first kappa shape index (κ1) is 24.2. The Morgan fingerprint density at radius 3 is 2.59 bits per heavy atom. The normalized spacial score (nSPS) is 21.5. The van der Waals surface area contributed by atoms with Crippen molar-refractivity contribution in [1.29, 1.82) is 0 Å². The van der Waals surface area contributed by atoms with E-state index in [2.05, 4.69) is 11.4 Å². The molecule has 0 saturated carbocycles. The van der Waals surface area contributed by atoms with E-state index < -0.39 is 17.8 Å². The molecule has 34 heavy (non-hydrogen) atoms. The summed E-state index contributed by atoms with van der Waals surface area (Å²) >= 11 is 1.57. The number of esters is 1. The predicted molar refractivity (Wildman–Crippen MR) is 130 cm³/mol. The zero-order valence-corrected chi connectivity index (χ0v) is 21.0. The van der Waals surface area contributed by atoms with Gasteiger partial charge in [-0.25, -0.2) is 9.18 Å². The second kappa shape index (κ2) is 9.37. The lowest BCUT2D eigenvalue weighted by atomic mass is 9.68. The second-order valence-corrected chi connectivity index (χ2v) is 10.8. The van der Waals surface area contributed by atoms with E-state index in [-0.39, 0.29) is 23.6 Å². The monoisotopic (exact) mass is 483 g/mol. The third-order valence-corrected chi connectivity index (χ3v) is 7.46. The number of Topliss-reactive ketones (excluding diaryl/α,β-unsaturated/α-hetero) is 1. The number of aryl methyl sites for hydroxylation is 1. The van der Waals surface area contributed by atoms with Gasteiger partial charge in [-0.15, -0.1) is 11.3 Å². The van der Waals surface area contributed by atoms with Crippen molar-refractivity contribution in [2.75, 3.05) is 6.61 Å². The summed E-state index contributed by atoms with van der Waals surface area (Å²) in [5.41, 5.74) is 2.79. The Hall–Kier alpha value is -2.93. The number of ether oxygens (including phenoxy) is 2. The minimum Gasteiger partial charge on any atom is -0.489 e. The fourth-order valence-electron chi connectivity index (χ4n) is 4.79. The number of halogens is 1. The number of hydrogen-bond donors (Lipinski definition) is 1. The molecule has 0 saturated heterocycles. The van der Waals surface area contributed by atoms with Gasteiger partial charge in [-0.05, 0) is 56.5 Å². The van der Waals surface area contributed by atoms with E-state index in [0.29, 0.717) is 30.0 Å². The SMILES string of the molecule is CCOC(=O)C1=C(C)NC2=CC(C)(C)CC(=O)C2C1c1cc(COc2ccc(F)cc2)c(C)s1. The number of ketones is 1. The van der Waals surface area contributed by atoms with Crippen molar-refractivity contribution in [2.24, 2.45) is 11.3 Å². The van der Waals surface area contributed by atoms with Gasteiger partial charge < -0.3 is 14.8 Å². The van der Waals surface area contributed by atoms with Crippen LogP contribution in [0.4, 0.5) is 4.39 Å². The molecule has 180 valence electrons. The molecule has 0 fully saturated rings. The lowest BCUT2D eigenvalue weighted by molar-refractivity contribution is -0.139. The van der Waals surface area contributed by atoms with Crippen molar-refractivity contribution in [3.05, 3.63) is 74.5 Å². The molecule has 2 aliphatic rings. The topological polar surface area (TPSA) is 64.6 Å². The summed E-state index contributed by atoms with van der Waals surface area (Å²) < 4.78 is 24.5. The number of thiophene rings is 1. The lowest BCUT2D eigenvalue weighted by Gasteiger charge is -2.41. The van der Waals surface area contributed by atoms with Crippen LogP contribution in [-0.2, 0) is 20.9 Å². The van der Waals surface area contributed by atoms with E-state index in [1.165, 1.54) is 12.1 Å². The molecule has 1 aliphatic heterocycles. The Balaban J connectivity index is 1.72. The number of nitrogens with one attached hydrogen (secondary N) is 1. The Bertz CT molecular complexity index is 1180. The highest BCUT2D eigenvalue weighted by molar-refractivity contribution is 7.12. The zero-order valence-electron chi connectivity index (χ0n) is 20.2. The number of carbonyl (C=O) groups excluding carboxylic acids is 2. The van der Waals surface area contributed by atoms with Crippen LogP contribution in [0, 0.1) is 24.1 Å². The summed E-state index contributed by atoms with van der Waals surface area (Å²) in [6.45, 7) is 10.3. The number of allylic oxidation sites excluding steroid dienone is 3. The van der Waals surface area contributed by atoms with Crippen LogP contribution in [0.1, 0.15) is 55.4 Å². The van der Waals surface area contributed by atoms with Gasteiger partial charge in [0.25, 0.3) is 0 Å². The zero-order chi connectivity index (χ0) is 24.6. The lowest BCUT2D eigenvalue weighted by Crippen LogP contribution is -2.43. The average Bonchev–Trinajstić information content (AvgIpc) is 3.11. The minimum atomic E-state index is -0.458. The van der Waals surface area contributed by atoms with Gasteiger partial charge in [0.1, 0.15) is 24.0 Å². The van der Waals surface area contributed by atoms with E-state index in [1.807, 2.05) is 33.8 Å². The Labute approximate surface area is 203 Å². The van der Waals surface area contributed by atoms with Crippen LogP contribution in [0.5, 0.6) is 5.75 Å². The number of rotatable bonds is 6. The molecule has 2 aromatic rings. The molecule has 0 radical (unpaired) electrons. The smallest absolute Gasteiger partial charge is 0.336 e. The van der Waals surface area contributed by atoms with Gasteiger partial charge in [0.2, 0.25) is 0 Å². The molecule has 0 bridgehead atoms. The predicted octanol–water partition coefficient (Wildman–Crippen LogP) is 5.80. The number of benzene rings is 1. The fourth-order valence-corrected chi connectivity index (χ4v) is 5.97. The molecular formula is C27H30FNO4S. The van der Waals surface area contributed by atoms with Crippen molar-refractivity contribution >= 4 is 23.1 Å². The summed E-state index contributed by atoms with van der Waals surface area (Å²) in [7, 11) is 0. The van der Waals surface area contributed by atoms with Gasteiger partial charge in [-0.2, -0.15) is 0 Å². The van der Waals surface area contributed by atoms with Crippen LogP contribution in [-0.4, -0.2) is 18.4 Å². The van der Waals surface area contributed by atoms with Gasteiger partial charge in [0.05, 0.1) is 18.1 Å². The average molecular weight is 484 g/mol. The van der Waals surface area contributed by atoms with Gasteiger partial charge in [-0.1, -0.05) is 19.9 Å². The van der Waals surface area contributed by atoms with Crippen LogP contribution < -0.4 is 10.1 Å². The van der Waals surface area contributed by atoms with Crippen LogP contribution in [0.15, 0.2) is 53.4 Å². The Morgan fingerprint density at radius 2 is 1.91 bits per heavy atom. The van der Waals surface area contributed by atoms with Crippen LogP contribution in [0.3, 0.4) is 0 Å². The highest BCUT2D eigenvalue weighted by atomic mass is 32.1. The van der Waals surface area contributed by atoms with Crippen molar-refractivity contribution < 1.29 is 23.5 Å². The van der Waals surface area contributed by atoms with Crippen molar-refractivity contribution in [2.45, 2.75) is 53.6 Å². The van der Waals surface area contributed by atoms with Crippen molar-refractivity contribution in [3.8, 4) is 5.75 Å². The van der Waals surface area contributed by atoms with E-state index in [9.17, 15) is 14.0 Å². The van der Waals surface area contributed by atoms with Gasteiger partial charge in [0, 0.05) is 39.1 Å². The quantitative estimate of drug-likeness (QED) is 0.526. The molecule has 7 heteroatoms. The third kappa shape index (κ3) is 4.80. The first-order chi connectivity index (χ1) is 16.1. The highest BCUT2D eigenvalue weighted by Crippen LogP contribution is 2.49. The summed E-state index contributed by atoms with van der Waals surface area (Å²) in [6.07, 6.45) is 2.54. The van der Waals surface area contributed by atoms with E-state index in [0.717, 1.165) is 21.0 Å². The molecule has 1 aliphatic carbocycles.